The predicted molar refractivity (Wildman–Crippen MR) is 79.9 cm³/mol. The fourth-order valence-electron chi connectivity index (χ4n) is 1.59. The molecule has 1 aromatic carbocycles. The van der Waals surface area contributed by atoms with Crippen molar-refractivity contribution in [3.63, 3.8) is 0 Å². The van der Waals surface area contributed by atoms with Crippen molar-refractivity contribution >= 4 is 22.6 Å². The molecule has 2 aromatic heterocycles. The Hall–Kier alpha value is -2.03. The van der Waals surface area contributed by atoms with Crippen LogP contribution in [0.4, 0.5) is 0 Å². The highest BCUT2D eigenvalue weighted by atomic mass is 127. The minimum atomic E-state index is 0.175. The summed E-state index contributed by atoms with van der Waals surface area (Å²) in [5.74, 6) is 1.21. The highest BCUT2D eigenvalue weighted by Crippen LogP contribution is 2.27. The van der Waals surface area contributed by atoms with Gasteiger partial charge in [-0.25, -0.2) is 9.97 Å². The fourth-order valence-corrected chi connectivity index (χ4v) is 1.92. The van der Waals surface area contributed by atoms with Gasteiger partial charge in [-0.3, -0.25) is 0 Å². The Morgan fingerprint density at radius 2 is 1.90 bits per heavy atom. The number of aryl methyl sites for hydroxylation is 1. The van der Waals surface area contributed by atoms with Crippen molar-refractivity contribution in [1.82, 2.24) is 20.1 Å². The molecule has 6 nitrogen and oxygen atoms in total. The zero-order valence-corrected chi connectivity index (χ0v) is 12.6. The van der Waals surface area contributed by atoms with Crippen LogP contribution in [0.5, 0.6) is 5.75 Å². The van der Waals surface area contributed by atoms with E-state index in [0.717, 1.165) is 9.13 Å². The van der Waals surface area contributed by atoms with Crippen LogP contribution in [0.15, 0.2) is 35.1 Å². The van der Waals surface area contributed by atoms with E-state index in [1.807, 2.05) is 29.5 Å². The van der Waals surface area contributed by atoms with Gasteiger partial charge >= 0.3 is 0 Å². The third kappa shape index (κ3) is 2.48. The van der Waals surface area contributed by atoms with E-state index in [9.17, 15) is 5.11 Å². The first-order valence-electron chi connectivity index (χ1n) is 5.75. The Labute approximate surface area is 128 Å². The number of aromatic hydroxyl groups is 1. The van der Waals surface area contributed by atoms with E-state index in [2.05, 4.69) is 20.1 Å². The highest BCUT2D eigenvalue weighted by Gasteiger charge is 2.13. The van der Waals surface area contributed by atoms with Crippen LogP contribution in [0.1, 0.15) is 5.56 Å². The van der Waals surface area contributed by atoms with Crippen LogP contribution in [0.2, 0.25) is 0 Å². The van der Waals surface area contributed by atoms with E-state index in [1.54, 1.807) is 30.6 Å². The molecule has 0 aliphatic carbocycles. The average molecular weight is 380 g/mol. The Kier molecular flexibility index (Phi) is 3.35. The van der Waals surface area contributed by atoms with E-state index in [1.165, 1.54) is 0 Å². The van der Waals surface area contributed by atoms with Gasteiger partial charge < -0.3 is 9.63 Å². The molecule has 0 saturated heterocycles. The molecule has 0 amide bonds. The molecule has 1 N–H and O–H groups in total. The van der Waals surface area contributed by atoms with E-state index in [-0.39, 0.29) is 5.75 Å². The zero-order valence-electron chi connectivity index (χ0n) is 10.4. The van der Waals surface area contributed by atoms with E-state index < -0.39 is 0 Å². The van der Waals surface area contributed by atoms with E-state index >= 15 is 0 Å². The van der Waals surface area contributed by atoms with Crippen LogP contribution < -0.4 is 0 Å². The van der Waals surface area contributed by atoms with Gasteiger partial charge in [-0.1, -0.05) is 5.16 Å². The topological polar surface area (TPSA) is 84.9 Å². The maximum absolute atomic E-state index is 9.69. The summed E-state index contributed by atoms with van der Waals surface area (Å²) in [4.78, 5) is 12.5. The average Bonchev–Trinajstić information content (AvgIpc) is 2.92. The van der Waals surface area contributed by atoms with Gasteiger partial charge in [0.25, 0.3) is 5.89 Å². The van der Waals surface area contributed by atoms with E-state index in [0.29, 0.717) is 23.1 Å². The number of phenolic OH excluding ortho intramolecular Hbond substituents is 1. The molecule has 0 aliphatic heterocycles. The van der Waals surface area contributed by atoms with Crippen molar-refractivity contribution in [3.8, 4) is 28.9 Å². The molecule has 20 heavy (non-hydrogen) atoms. The summed E-state index contributed by atoms with van der Waals surface area (Å²) >= 11 is 2.04. The van der Waals surface area contributed by atoms with Gasteiger partial charge in [0.15, 0.2) is 0 Å². The molecule has 0 fully saturated rings. The Balaban J connectivity index is 1.97. The van der Waals surface area contributed by atoms with Crippen molar-refractivity contribution in [2.24, 2.45) is 0 Å². The second-order valence-electron chi connectivity index (χ2n) is 4.17. The van der Waals surface area contributed by atoms with Crippen LogP contribution in [0, 0.1) is 10.5 Å². The lowest BCUT2D eigenvalue weighted by Gasteiger charge is -1.98. The number of phenols is 1. The van der Waals surface area contributed by atoms with Crippen LogP contribution >= 0.6 is 22.6 Å². The SMILES string of the molecule is Cc1cnc(-c2noc(-c3ccc(I)c(O)c3)n2)nc1. The number of rotatable bonds is 2. The molecule has 0 bridgehead atoms. The lowest BCUT2D eigenvalue weighted by Crippen LogP contribution is -1.90. The predicted octanol–water partition coefficient (Wildman–Crippen LogP) is 2.81. The number of aromatic nitrogens is 4. The normalized spacial score (nSPS) is 10.7. The van der Waals surface area contributed by atoms with Crippen LogP contribution in [0.3, 0.4) is 0 Å². The summed E-state index contributed by atoms with van der Waals surface area (Å²) in [5.41, 5.74) is 1.61. The molecular formula is C13H9IN4O2. The lowest BCUT2D eigenvalue weighted by atomic mass is 10.2. The summed E-state index contributed by atoms with van der Waals surface area (Å²) in [6, 6.07) is 5.15. The summed E-state index contributed by atoms with van der Waals surface area (Å²) in [5, 5.41) is 13.5. The second-order valence-corrected chi connectivity index (χ2v) is 5.34. The summed E-state index contributed by atoms with van der Waals surface area (Å²) in [6.45, 7) is 1.90. The molecule has 0 aliphatic rings. The molecule has 0 atom stereocenters. The minimum absolute atomic E-state index is 0.175. The van der Waals surface area contributed by atoms with Crippen molar-refractivity contribution in [2.75, 3.05) is 0 Å². The van der Waals surface area contributed by atoms with Crippen molar-refractivity contribution < 1.29 is 9.63 Å². The highest BCUT2D eigenvalue weighted by molar-refractivity contribution is 14.1. The van der Waals surface area contributed by atoms with Gasteiger partial charge in [0.1, 0.15) is 5.75 Å². The summed E-state index contributed by atoms with van der Waals surface area (Å²) in [7, 11) is 0. The number of benzene rings is 1. The first-order valence-corrected chi connectivity index (χ1v) is 6.83. The molecule has 0 saturated carbocycles. The second kappa shape index (κ2) is 5.16. The standard InChI is InChI=1S/C13H9IN4O2/c1-7-5-15-11(16-6-7)12-17-13(20-18-12)8-2-3-9(14)10(19)4-8/h2-6,19H,1H3. The fraction of sp³-hybridized carbons (Fsp3) is 0.0769. The largest absolute Gasteiger partial charge is 0.507 e. The first kappa shape index (κ1) is 13.0. The van der Waals surface area contributed by atoms with E-state index in [4.69, 9.17) is 4.52 Å². The maximum Gasteiger partial charge on any atom is 0.258 e. The van der Waals surface area contributed by atoms with Gasteiger partial charge in [0.05, 0.1) is 3.57 Å². The molecular weight excluding hydrogens is 371 g/mol. The number of hydrogen-bond donors (Lipinski definition) is 1. The number of hydrogen-bond acceptors (Lipinski definition) is 6. The molecule has 2 heterocycles. The number of halogens is 1. The Morgan fingerprint density at radius 3 is 2.60 bits per heavy atom. The van der Waals surface area contributed by atoms with Crippen molar-refractivity contribution in [1.29, 1.82) is 0 Å². The van der Waals surface area contributed by atoms with Gasteiger partial charge in [-0.05, 0) is 53.3 Å². The molecule has 100 valence electrons. The first-order chi connectivity index (χ1) is 9.63. The molecule has 0 radical (unpaired) electrons. The Bertz CT molecular complexity index is 755. The summed E-state index contributed by atoms with van der Waals surface area (Å²) < 4.78 is 5.93. The monoisotopic (exact) mass is 380 g/mol. The van der Waals surface area contributed by atoms with Crippen molar-refractivity contribution in [2.45, 2.75) is 6.92 Å². The van der Waals surface area contributed by atoms with Gasteiger partial charge in [0.2, 0.25) is 11.6 Å². The van der Waals surface area contributed by atoms with Gasteiger partial charge in [-0.2, -0.15) is 4.98 Å². The van der Waals surface area contributed by atoms with Crippen LogP contribution in [-0.4, -0.2) is 25.2 Å². The smallest absolute Gasteiger partial charge is 0.258 e. The third-order valence-corrected chi connectivity index (χ3v) is 3.51. The lowest BCUT2D eigenvalue weighted by molar-refractivity contribution is 0.431. The van der Waals surface area contributed by atoms with Gasteiger partial charge in [-0.15, -0.1) is 0 Å². The molecule has 3 aromatic rings. The molecule has 7 heteroatoms. The quantitative estimate of drug-likeness (QED) is 0.689. The summed E-state index contributed by atoms with van der Waals surface area (Å²) in [6.07, 6.45) is 3.38. The Morgan fingerprint density at radius 1 is 1.15 bits per heavy atom. The van der Waals surface area contributed by atoms with Crippen LogP contribution in [-0.2, 0) is 0 Å². The minimum Gasteiger partial charge on any atom is -0.507 e. The van der Waals surface area contributed by atoms with Gasteiger partial charge in [0, 0.05) is 18.0 Å². The third-order valence-electron chi connectivity index (χ3n) is 2.60. The maximum atomic E-state index is 9.69. The molecule has 3 rings (SSSR count). The molecule has 0 unspecified atom stereocenters. The molecule has 0 spiro atoms. The zero-order chi connectivity index (χ0) is 14.1. The van der Waals surface area contributed by atoms with Crippen molar-refractivity contribution in [3.05, 3.63) is 39.7 Å². The number of nitrogens with zero attached hydrogens (tertiary/aromatic N) is 4. The van der Waals surface area contributed by atoms with Crippen LogP contribution in [0.25, 0.3) is 23.1 Å².